The molecular formula is C19H20N2. The van der Waals surface area contributed by atoms with Crippen molar-refractivity contribution in [3.63, 3.8) is 0 Å². The molecule has 0 fully saturated rings. The van der Waals surface area contributed by atoms with Gasteiger partial charge in [-0.25, -0.2) is 0 Å². The second-order valence-electron chi connectivity index (χ2n) is 5.02. The first-order chi connectivity index (χ1) is 10.3. The summed E-state index contributed by atoms with van der Waals surface area (Å²) in [4.78, 5) is 0. The largest absolute Gasteiger partial charge is 0.288 e. The highest BCUT2D eigenvalue weighted by molar-refractivity contribution is 5.33. The second-order valence-corrected chi connectivity index (χ2v) is 5.02. The smallest absolute Gasteiger partial charge is 0.117 e. The minimum absolute atomic E-state index is 0.00644. The summed E-state index contributed by atoms with van der Waals surface area (Å²) in [5.74, 6) is 0. The van der Waals surface area contributed by atoms with E-state index in [1.807, 2.05) is 56.3 Å². The van der Waals surface area contributed by atoms with Gasteiger partial charge in [0.25, 0.3) is 0 Å². The molecule has 0 aliphatic carbocycles. The highest BCUT2D eigenvalue weighted by Crippen LogP contribution is 2.23. The van der Waals surface area contributed by atoms with Crippen LogP contribution in [0.4, 0.5) is 0 Å². The monoisotopic (exact) mass is 276 g/mol. The molecule has 0 bridgehead atoms. The number of rotatable bonds is 5. The summed E-state index contributed by atoms with van der Waals surface area (Å²) >= 11 is 0. The molecule has 2 nitrogen and oxygen atoms in total. The van der Waals surface area contributed by atoms with E-state index in [0.717, 1.165) is 16.7 Å². The average Bonchev–Trinajstić information content (AvgIpc) is 2.57. The van der Waals surface area contributed by atoms with E-state index in [4.69, 9.17) is 0 Å². The predicted molar refractivity (Wildman–Crippen MR) is 86.7 cm³/mol. The zero-order valence-electron chi connectivity index (χ0n) is 12.5. The molecule has 0 radical (unpaired) electrons. The first-order valence-corrected chi connectivity index (χ1v) is 7.14. The van der Waals surface area contributed by atoms with E-state index < -0.39 is 0 Å². The predicted octanol–water partition coefficient (Wildman–Crippen LogP) is 4.22. The van der Waals surface area contributed by atoms with Gasteiger partial charge < -0.3 is 0 Å². The van der Waals surface area contributed by atoms with Crippen LogP contribution in [0.5, 0.6) is 0 Å². The van der Waals surface area contributed by atoms with Crippen LogP contribution in [0.2, 0.25) is 0 Å². The summed E-state index contributed by atoms with van der Waals surface area (Å²) < 4.78 is 0. The Labute approximate surface area is 126 Å². The highest BCUT2D eigenvalue weighted by atomic mass is 15.0. The van der Waals surface area contributed by atoms with Gasteiger partial charge in [0.05, 0.1) is 12.1 Å². The molecule has 1 N–H and O–H groups in total. The fraction of sp³-hybridized carbons (Fsp3) is 0.211. The van der Waals surface area contributed by atoms with Gasteiger partial charge >= 0.3 is 0 Å². The van der Waals surface area contributed by atoms with Crippen molar-refractivity contribution in [2.45, 2.75) is 25.9 Å². The summed E-state index contributed by atoms with van der Waals surface area (Å²) in [6, 6.07) is 22.5. The lowest BCUT2D eigenvalue weighted by Crippen LogP contribution is -2.33. The minimum Gasteiger partial charge on any atom is -0.288 e. The van der Waals surface area contributed by atoms with Crippen LogP contribution in [0.15, 0.2) is 72.3 Å². The van der Waals surface area contributed by atoms with E-state index in [1.54, 1.807) is 0 Å². The zero-order valence-corrected chi connectivity index (χ0v) is 12.5. The quantitative estimate of drug-likeness (QED) is 0.830. The van der Waals surface area contributed by atoms with Crippen molar-refractivity contribution in [1.29, 1.82) is 5.26 Å². The van der Waals surface area contributed by atoms with Crippen molar-refractivity contribution in [1.82, 2.24) is 5.32 Å². The van der Waals surface area contributed by atoms with Gasteiger partial charge in [-0.15, -0.1) is 0 Å². The summed E-state index contributed by atoms with van der Waals surface area (Å²) in [6.45, 7) is 3.94. The Morgan fingerprint density at radius 2 is 1.48 bits per heavy atom. The number of nitrogens with one attached hydrogen (secondary N) is 1. The molecule has 2 heteroatoms. The molecule has 0 amide bonds. The maximum absolute atomic E-state index is 9.42. The van der Waals surface area contributed by atoms with E-state index in [1.165, 1.54) is 0 Å². The van der Waals surface area contributed by atoms with Gasteiger partial charge in [-0.3, -0.25) is 5.32 Å². The molecule has 2 aromatic carbocycles. The van der Waals surface area contributed by atoms with Gasteiger partial charge in [-0.05, 0) is 30.5 Å². The molecule has 1 atom stereocenters. The van der Waals surface area contributed by atoms with Crippen molar-refractivity contribution in [3.05, 3.63) is 83.4 Å². The molecule has 0 saturated carbocycles. The topological polar surface area (TPSA) is 35.8 Å². The van der Waals surface area contributed by atoms with Crippen LogP contribution < -0.4 is 5.32 Å². The van der Waals surface area contributed by atoms with Crippen molar-refractivity contribution >= 4 is 0 Å². The van der Waals surface area contributed by atoms with Crippen LogP contribution in [-0.2, 0) is 0 Å². The van der Waals surface area contributed by atoms with Crippen LogP contribution in [-0.4, -0.2) is 6.04 Å². The Morgan fingerprint density at radius 3 is 1.86 bits per heavy atom. The SMILES string of the molecule is C/C=C(\C)[C@@H](C#N)NC(c1ccccc1)c1ccccc1. The lowest BCUT2D eigenvalue weighted by atomic mass is 9.97. The summed E-state index contributed by atoms with van der Waals surface area (Å²) in [7, 11) is 0. The fourth-order valence-corrected chi connectivity index (χ4v) is 2.28. The summed E-state index contributed by atoms with van der Waals surface area (Å²) in [5, 5.41) is 12.9. The standard InChI is InChI=1S/C19H20N2/c1-3-15(2)18(14-20)21-19(16-10-6-4-7-11-16)17-12-8-5-9-13-17/h3-13,18-19,21H,1-2H3/b15-3+/t18-/m1/s1. The van der Waals surface area contributed by atoms with E-state index >= 15 is 0 Å². The maximum Gasteiger partial charge on any atom is 0.117 e. The summed E-state index contributed by atoms with van der Waals surface area (Å²) in [6.07, 6.45) is 1.98. The Morgan fingerprint density at radius 1 is 1.00 bits per heavy atom. The second kappa shape index (κ2) is 7.42. The van der Waals surface area contributed by atoms with Gasteiger partial charge in [0.1, 0.15) is 6.04 Å². The molecule has 0 aliphatic heterocycles. The Hall–Kier alpha value is -2.37. The van der Waals surface area contributed by atoms with Crippen LogP contribution in [0.1, 0.15) is 31.0 Å². The van der Waals surface area contributed by atoms with Crippen molar-refractivity contribution in [3.8, 4) is 6.07 Å². The average molecular weight is 276 g/mol. The molecule has 0 aliphatic rings. The number of hydrogen-bond acceptors (Lipinski definition) is 2. The van der Waals surface area contributed by atoms with Gasteiger partial charge in [0.15, 0.2) is 0 Å². The van der Waals surface area contributed by atoms with E-state index in [9.17, 15) is 5.26 Å². The first-order valence-electron chi connectivity index (χ1n) is 7.14. The van der Waals surface area contributed by atoms with Crippen molar-refractivity contribution in [2.24, 2.45) is 0 Å². The molecule has 0 unspecified atom stereocenters. The number of nitriles is 1. The van der Waals surface area contributed by atoms with Gasteiger partial charge in [0, 0.05) is 0 Å². The molecule has 0 aromatic heterocycles. The minimum atomic E-state index is -0.291. The van der Waals surface area contributed by atoms with E-state index in [2.05, 4.69) is 35.7 Å². The third-order valence-corrected chi connectivity index (χ3v) is 3.64. The Bertz CT molecular complexity index is 584. The van der Waals surface area contributed by atoms with Crippen LogP contribution >= 0.6 is 0 Å². The molecule has 0 saturated heterocycles. The third kappa shape index (κ3) is 3.81. The molecular weight excluding hydrogens is 256 g/mol. The van der Waals surface area contributed by atoms with E-state index in [-0.39, 0.29) is 12.1 Å². The number of nitrogens with zero attached hydrogens (tertiary/aromatic N) is 1. The molecule has 0 spiro atoms. The lowest BCUT2D eigenvalue weighted by Gasteiger charge is -2.23. The van der Waals surface area contributed by atoms with Crippen LogP contribution in [0.25, 0.3) is 0 Å². The van der Waals surface area contributed by atoms with Gasteiger partial charge in [-0.1, -0.05) is 66.7 Å². The van der Waals surface area contributed by atoms with Crippen molar-refractivity contribution < 1.29 is 0 Å². The van der Waals surface area contributed by atoms with Crippen LogP contribution in [0, 0.1) is 11.3 Å². The van der Waals surface area contributed by atoms with Gasteiger partial charge in [0.2, 0.25) is 0 Å². The molecule has 0 heterocycles. The van der Waals surface area contributed by atoms with Crippen LogP contribution in [0.3, 0.4) is 0 Å². The number of hydrogen-bond donors (Lipinski definition) is 1. The Balaban J connectivity index is 2.36. The Kier molecular flexibility index (Phi) is 5.31. The molecule has 21 heavy (non-hydrogen) atoms. The lowest BCUT2D eigenvalue weighted by molar-refractivity contribution is 0.582. The van der Waals surface area contributed by atoms with Gasteiger partial charge in [-0.2, -0.15) is 5.26 Å². The molecule has 106 valence electrons. The number of benzene rings is 2. The highest BCUT2D eigenvalue weighted by Gasteiger charge is 2.19. The molecule has 2 aromatic rings. The first kappa shape index (κ1) is 15.0. The normalized spacial score (nSPS) is 13.0. The maximum atomic E-state index is 9.42. The summed E-state index contributed by atoms with van der Waals surface area (Å²) in [5.41, 5.74) is 3.36. The fourth-order valence-electron chi connectivity index (χ4n) is 2.28. The van der Waals surface area contributed by atoms with E-state index in [0.29, 0.717) is 0 Å². The molecule has 2 rings (SSSR count). The third-order valence-electron chi connectivity index (χ3n) is 3.64. The number of allylic oxidation sites excluding steroid dienone is 1. The van der Waals surface area contributed by atoms with Crippen molar-refractivity contribution in [2.75, 3.05) is 0 Å². The zero-order chi connectivity index (χ0) is 15.1.